The smallest absolute Gasteiger partial charge is 0.349 e. The van der Waals surface area contributed by atoms with Crippen molar-refractivity contribution < 1.29 is 14.3 Å². The second-order valence-corrected chi connectivity index (χ2v) is 5.08. The zero-order valence-electron chi connectivity index (χ0n) is 12.7. The van der Waals surface area contributed by atoms with Crippen LogP contribution in [0.1, 0.15) is 23.6 Å². The van der Waals surface area contributed by atoms with Crippen LogP contribution in [-0.2, 0) is 11.2 Å². The number of carbonyl (C=O) groups is 1. The molecule has 0 N–H and O–H groups in total. The average Bonchev–Trinajstić information content (AvgIpc) is 2.44. The largest absolute Gasteiger partial charge is 0.482 e. The standard InChI is InChI=1S/C18H20O3/c1-4-15-5-7-16(8-6-15)20-12-18(19)21-17-10-13(2)9-14(3)11-17/h5-11H,4,12H2,1-3H3. The lowest BCUT2D eigenvalue weighted by Crippen LogP contribution is -2.17. The van der Waals surface area contributed by atoms with E-state index in [2.05, 4.69) is 6.92 Å². The Labute approximate surface area is 125 Å². The molecule has 0 fully saturated rings. The highest BCUT2D eigenvalue weighted by Gasteiger charge is 2.07. The number of hydrogen-bond donors (Lipinski definition) is 0. The molecule has 3 nitrogen and oxygen atoms in total. The lowest BCUT2D eigenvalue weighted by atomic mass is 10.1. The van der Waals surface area contributed by atoms with E-state index in [0.29, 0.717) is 11.5 Å². The third-order valence-electron chi connectivity index (χ3n) is 3.12. The number of hydrogen-bond acceptors (Lipinski definition) is 3. The van der Waals surface area contributed by atoms with Gasteiger partial charge in [0.1, 0.15) is 11.5 Å². The molecule has 3 heteroatoms. The van der Waals surface area contributed by atoms with E-state index in [9.17, 15) is 4.79 Å². The maximum absolute atomic E-state index is 11.8. The molecule has 110 valence electrons. The molecule has 0 saturated heterocycles. The molecule has 0 aliphatic heterocycles. The lowest BCUT2D eigenvalue weighted by molar-refractivity contribution is -0.136. The maximum Gasteiger partial charge on any atom is 0.349 e. The predicted molar refractivity (Wildman–Crippen MR) is 82.9 cm³/mol. The van der Waals surface area contributed by atoms with Gasteiger partial charge in [0.05, 0.1) is 0 Å². The zero-order chi connectivity index (χ0) is 15.2. The van der Waals surface area contributed by atoms with Crippen LogP contribution in [0.3, 0.4) is 0 Å². The Morgan fingerprint density at radius 2 is 1.57 bits per heavy atom. The fraction of sp³-hybridized carbons (Fsp3) is 0.278. The van der Waals surface area contributed by atoms with Gasteiger partial charge in [-0.05, 0) is 61.2 Å². The molecule has 0 atom stereocenters. The van der Waals surface area contributed by atoms with Gasteiger partial charge in [-0.1, -0.05) is 25.1 Å². The van der Waals surface area contributed by atoms with Crippen molar-refractivity contribution in [3.8, 4) is 11.5 Å². The van der Waals surface area contributed by atoms with Gasteiger partial charge in [-0.25, -0.2) is 4.79 Å². The van der Waals surface area contributed by atoms with Gasteiger partial charge in [0.15, 0.2) is 6.61 Å². The van der Waals surface area contributed by atoms with Crippen LogP contribution in [0.2, 0.25) is 0 Å². The topological polar surface area (TPSA) is 35.5 Å². The van der Waals surface area contributed by atoms with E-state index < -0.39 is 5.97 Å². The maximum atomic E-state index is 11.8. The van der Waals surface area contributed by atoms with Crippen LogP contribution in [0.4, 0.5) is 0 Å². The Kier molecular flexibility index (Phi) is 4.99. The predicted octanol–water partition coefficient (Wildman–Crippen LogP) is 3.85. The van der Waals surface area contributed by atoms with Crippen LogP contribution in [0, 0.1) is 13.8 Å². The molecule has 0 saturated carbocycles. The minimum absolute atomic E-state index is 0.0987. The lowest BCUT2D eigenvalue weighted by Gasteiger charge is -2.08. The van der Waals surface area contributed by atoms with Crippen LogP contribution >= 0.6 is 0 Å². The van der Waals surface area contributed by atoms with Gasteiger partial charge in [-0.3, -0.25) is 0 Å². The fourth-order valence-electron chi connectivity index (χ4n) is 2.12. The van der Waals surface area contributed by atoms with Gasteiger partial charge in [0.25, 0.3) is 0 Å². The number of carbonyl (C=O) groups excluding carboxylic acids is 1. The van der Waals surface area contributed by atoms with Gasteiger partial charge in [0, 0.05) is 0 Å². The highest BCUT2D eigenvalue weighted by atomic mass is 16.6. The van der Waals surface area contributed by atoms with Gasteiger partial charge in [-0.2, -0.15) is 0 Å². The van der Waals surface area contributed by atoms with E-state index in [-0.39, 0.29) is 6.61 Å². The summed E-state index contributed by atoms with van der Waals surface area (Å²) in [6.07, 6.45) is 0.981. The van der Waals surface area contributed by atoms with Crippen molar-refractivity contribution in [2.24, 2.45) is 0 Å². The molecule has 2 aromatic carbocycles. The van der Waals surface area contributed by atoms with Crippen LogP contribution in [0.25, 0.3) is 0 Å². The summed E-state index contributed by atoms with van der Waals surface area (Å²) in [5.41, 5.74) is 3.36. The molecule has 21 heavy (non-hydrogen) atoms. The highest BCUT2D eigenvalue weighted by Crippen LogP contribution is 2.17. The first kappa shape index (κ1) is 15.1. The van der Waals surface area contributed by atoms with Crippen LogP contribution < -0.4 is 9.47 Å². The second kappa shape index (κ2) is 6.93. The summed E-state index contributed by atoms with van der Waals surface area (Å²) in [5, 5.41) is 0. The van der Waals surface area contributed by atoms with E-state index in [1.807, 2.05) is 56.3 Å². The van der Waals surface area contributed by atoms with Gasteiger partial charge in [-0.15, -0.1) is 0 Å². The van der Waals surface area contributed by atoms with Crippen LogP contribution in [0.5, 0.6) is 11.5 Å². The molecule has 0 radical (unpaired) electrons. The van der Waals surface area contributed by atoms with Crippen LogP contribution in [-0.4, -0.2) is 12.6 Å². The average molecular weight is 284 g/mol. The molecule has 0 aromatic heterocycles. The van der Waals surface area contributed by atoms with Crippen molar-refractivity contribution in [2.75, 3.05) is 6.61 Å². The zero-order valence-corrected chi connectivity index (χ0v) is 12.7. The number of aryl methyl sites for hydroxylation is 3. The number of rotatable bonds is 5. The molecule has 0 amide bonds. The van der Waals surface area contributed by atoms with Crippen molar-refractivity contribution >= 4 is 5.97 Å². The van der Waals surface area contributed by atoms with E-state index in [1.165, 1.54) is 5.56 Å². The molecular weight excluding hydrogens is 264 g/mol. The quantitative estimate of drug-likeness (QED) is 0.618. The Morgan fingerprint density at radius 1 is 0.952 bits per heavy atom. The fourth-order valence-corrected chi connectivity index (χ4v) is 2.12. The Bertz CT molecular complexity index is 595. The number of esters is 1. The van der Waals surface area contributed by atoms with E-state index in [4.69, 9.17) is 9.47 Å². The summed E-state index contributed by atoms with van der Waals surface area (Å²) >= 11 is 0. The molecule has 0 aliphatic carbocycles. The van der Waals surface area contributed by atoms with Crippen molar-refractivity contribution in [3.63, 3.8) is 0 Å². The molecule has 0 heterocycles. The third kappa shape index (κ3) is 4.63. The SMILES string of the molecule is CCc1ccc(OCC(=O)Oc2cc(C)cc(C)c2)cc1. The van der Waals surface area contributed by atoms with Crippen molar-refractivity contribution in [1.82, 2.24) is 0 Å². The summed E-state index contributed by atoms with van der Waals surface area (Å²) in [6.45, 7) is 5.93. The Balaban J connectivity index is 1.89. The molecular formula is C18H20O3. The normalized spacial score (nSPS) is 10.2. The minimum Gasteiger partial charge on any atom is -0.482 e. The van der Waals surface area contributed by atoms with E-state index >= 15 is 0 Å². The molecule has 0 bridgehead atoms. The van der Waals surface area contributed by atoms with Crippen molar-refractivity contribution in [1.29, 1.82) is 0 Å². The monoisotopic (exact) mass is 284 g/mol. The Morgan fingerprint density at radius 3 is 2.14 bits per heavy atom. The van der Waals surface area contributed by atoms with E-state index in [0.717, 1.165) is 17.5 Å². The highest BCUT2D eigenvalue weighted by molar-refractivity contribution is 5.74. The molecule has 0 unspecified atom stereocenters. The number of benzene rings is 2. The summed E-state index contributed by atoms with van der Waals surface area (Å²) in [6, 6.07) is 13.4. The molecule has 2 aromatic rings. The van der Waals surface area contributed by atoms with Crippen molar-refractivity contribution in [3.05, 3.63) is 59.2 Å². The van der Waals surface area contributed by atoms with Gasteiger partial charge < -0.3 is 9.47 Å². The minimum atomic E-state index is -0.403. The van der Waals surface area contributed by atoms with Gasteiger partial charge >= 0.3 is 5.97 Å². The second-order valence-electron chi connectivity index (χ2n) is 5.08. The molecule has 0 spiro atoms. The summed E-state index contributed by atoms with van der Waals surface area (Å²) in [5.74, 6) is 0.826. The molecule has 0 aliphatic rings. The first-order chi connectivity index (χ1) is 10.1. The summed E-state index contributed by atoms with van der Waals surface area (Å²) in [4.78, 5) is 11.8. The summed E-state index contributed by atoms with van der Waals surface area (Å²) < 4.78 is 10.7. The first-order valence-electron chi connectivity index (χ1n) is 7.07. The summed E-state index contributed by atoms with van der Waals surface area (Å²) in [7, 11) is 0. The van der Waals surface area contributed by atoms with Gasteiger partial charge in [0.2, 0.25) is 0 Å². The third-order valence-corrected chi connectivity index (χ3v) is 3.12. The van der Waals surface area contributed by atoms with Crippen molar-refractivity contribution in [2.45, 2.75) is 27.2 Å². The van der Waals surface area contributed by atoms with Crippen LogP contribution in [0.15, 0.2) is 42.5 Å². The first-order valence-corrected chi connectivity index (χ1v) is 7.07. The number of ether oxygens (including phenoxy) is 2. The Hall–Kier alpha value is -2.29. The molecule has 2 rings (SSSR count). The van der Waals surface area contributed by atoms with E-state index in [1.54, 1.807) is 0 Å².